The predicted octanol–water partition coefficient (Wildman–Crippen LogP) is 3.17. The Morgan fingerprint density at radius 1 is 1.16 bits per heavy atom. The van der Waals surface area contributed by atoms with Gasteiger partial charge in [-0.15, -0.1) is 24.8 Å². The molecule has 0 aliphatic rings. The van der Waals surface area contributed by atoms with Gasteiger partial charge >= 0.3 is 0 Å². The minimum Gasteiger partial charge on any atom is -0.383 e. The lowest BCUT2D eigenvalue weighted by Crippen LogP contribution is -2.00. The third kappa shape index (κ3) is 4.79. The van der Waals surface area contributed by atoms with E-state index in [4.69, 9.17) is 22.6 Å². The van der Waals surface area contributed by atoms with Crippen LogP contribution in [0.5, 0.6) is 0 Å². The van der Waals surface area contributed by atoms with Crippen molar-refractivity contribution < 1.29 is 0 Å². The molecule has 1 heterocycles. The summed E-state index contributed by atoms with van der Waals surface area (Å²) in [6.45, 7) is 0. The number of nitriles is 1. The number of anilines is 3. The van der Waals surface area contributed by atoms with Crippen LogP contribution in [0.4, 0.5) is 17.5 Å². The molecule has 0 saturated heterocycles. The molecule has 0 unspecified atom stereocenters. The van der Waals surface area contributed by atoms with Crippen LogP contribution in [-0.4, -0.2) is 9.97 Å². The van der Waals surface area contributed by atoms with Crippen molar-refractivity contribution in [2.75, 3.05) is 11.1 Å². The fourth-order valence-electron chi connectivity index (χ4n) is 1.25. The number of benzene rings is 1. The van der Waals surface area contributed by atoms with E-state index in [1.54, 1.807) is 24.3 Å². The first kappa shape index (κ1) is 17.3. The number of rotatable bonds is 2. The molecule has 0 aliphatic carbocycles. The Bertz CT molecular complexity index is 560. The molecule has 0 spiro atoms. The molecule has 5 nitrogen and oxygen atoms in total. The Morgan fingerprint density at radius 3 is 2.32 bits per heavy atom. The van der Waals surface area contributed by atoms with Gasteiger partial charge in [0.1, 0.15) is 11.0 Å². The van der Waals surface area contributed by atoms with Crippen LogP contribution in [0, 0.1) is 11.3 Å². The molecule has 3 N–H and O–H groups in total. The molecular weight excluding hydrogens is 309 g/mol. The summed E-state index contributed by atoms with van der Waals surface area (Å²) in [5.74, 6) is 0.612. The van der Waals surface area contributed by atoms with E-state index in [2.05, 4.69) is 15.3 Å². The molecule has 1 aromatic heterocycles. The molecule has 0 saturated carbocycles. The van der Waals surface area contributed by atoms with Crippen LogP contribution in [0.3, 0.4) is 0 Å². The molecule has 0 fully saturated rings. The fraction of sp³-hybridized carbons (Fsp3) is 0. The molecule has 0 amide bonds. The number of hydrogen-bond acceptors (Lipinski definition) is 5. The highest BCUT2D eigenvalue weighted by molar-refractivity contribution is 6.29. The minimum absolute atomic E-state index is 0. The van der Waals surface area contributed by atoms with E-state index < -0.39 is 0 Å². The van der Waals surface area contributed by atoms with Crippen LogP contribution in [0.2, 0.25) is 5.15 Å². The molecule has 100 valence electrons. The molecule has 0 atom stereocenters. The summed E-state index contributed by atoms with van der Waals surface area (Å²) in [4.78, 5) is 7.95. The first-order valence-corrected chi connectivity index (χ1v) is 5.12. The summed E-state index contributed by atoms with van der Waals surface area (Å²) in [6, 6.07) is 10.4. The molecular formula is C11H10Cl3N5. The second kappa shape index (κ2) is 7.64. The van der Waals surface area contributed by atoms with Crippen LogP contribution < -0.4 is 11.1 Å². The van der Waals surface area contributed by atoms with E-state index in [0.29, 0.717) is 17.3 Å². The molecule has 0 bridgehead atoms. The van der Waals surface area contributed by atoms with E-state index >= 15 is 0 Å². The smallest absolute Gasteiger partial charge is 0.230 e. The molecule has 2 aromatic rings. The lowest BCUT2D eigenvalue weighted by Gasteiger charge is -2.05. The van der Waals surface area contributed by atoms with Crippen molar-refractivity contribution in [2.24, 2.45) is 0 Å². The summed E-state index contributed by atoms with van der Waals surface area (Å²) in [5, 5.41) is 11.9. The van der Waals surface area contributed by atoms with Gasteiger partial charge in [-0.3, -0.25) is 0 Å². The van der Waals surface area contributed by atoms with Gasteiger partial charge in [-0.1, -0.05) is 11.6 Å². The Labute approximate surface area is 127 Å². The van der Waals surface area contributed by atoms with E-state index in [9.17, 15) is 0 Å². The van der Waals surface area contributed by atoms with Crippen molar-refractivity contribution in [1.82, 2.24) is 9.97 Å². The summed E-state index contributed by atoms with van der Waals surface area (Å²) in [6.07, 6.45) is 0. The highest BCUT2D eigenvalue weighted by Gasteiger charge is 2.01. The number of halogens is 3. The third-order valence-electron chi connectivity index (χ3n) is 1.98. The van der Waals surface area contributed by atoms with Crippen molar-refractivity contribution in [3.05, 3.63) is 41.0 Å². The monoisotopic (exact) mass is 317 g/mol. The number of nitrogens with two attached hydrogens (primary N) is 1. The van der Waals surface area contributed by atoms with Gasteiger partial charge in [0.2, 0.25) is 5.95 Å². The molecule has 2 rings (SSSR count). The summed E-state index contributed by atoms with van der Waals surface area (Å²) in [5.41, 5.74) is 6.88. The molecule has 1 aromatic carbocycles. The Morgan fingerprint density at radius 2 is 1.79 bits per heavy atom. The van der Waals surface area contributed by atoms with Gasteiger partial charge in [0.25, 0.3) is 0 Å². The fourth-order valence-corrected chi connectivity index (χ4v) is 1.44. The highest BCUT2D eigenvalue weighted by atomic mass is 35.5. The summed E-state index contributed by atoms with van der Waals surface area (Å²) < 4.78 is 0. The van der Waals surface area contributed by atoms with Gasteiger partial charge < -0.3 is 11.1 Å². The zero-order chi connectivity index (χ0) is 12.3. The highest BCUT2D eigenvalue weighted by Crippen LogP contribution is 2.17. The van der Waals surface area contributed by atoms with Crippen molar-refractivity contribution in [3.63, 3.8) is 0 Å². The summed E-state index contributed by atoms with van der Waals surface area (Å²) >= 11 is 5.75. The standard InChI is InChI=1S/C11H8ClN5.2ClH/c12-9-5-10(14)17-11(16-9)15-8-3-1-7(6-13)2-4-8;;/h1-5H,(H3,14,15,16,17);2*1H. The minimum atomic E-state index is 0. The molecule has 8 heteroatoms. The molecule has 0 aliphatic heterocycles. The first-order valence-electron chi connectivity index (χ1n) is 4.74. The Balaban J connectivity index is 0.00000162. The average molecular weight is 319 g/mol. The largest absolute Gasteiger partial charge is 0.383 e. The Kier molecular flexibility index (Phi) is 6.94. The zero-order valence-electron chi connectivity index (χ0n) is 9.50. The maximum atomic E-state index is 8.66. The topological polar surface area (TPSA) is 87.6 Å². The third-order valence-corrected chi connectivity index (χ3v) is 2.18. The lowest BCUT2D eigenvalue weighted by atomic mass is 10.2. The van der Waals surface area contributed by atoms with Crippen molar-refractivity contribution in [1.29, 1.82) is 5.26 Å². The normalized spacial score (nSPS) is 8.63. The van der Waals surface area contributed by atoms with Crippen molar-refractivity contribution in [2.45, 2.75) is 0 Å². The van der Waals surface area contributed by atoms with Gasteiger partial charge in [0.05, 0.1) is 11.6 Å². The first-order chi connectivity index (χ1) is 8.17. The number of hydrogen-bond donors (Lipinski definition) is 2. The quantitative estimate of drug-likeness (QED) is 0.830. The maximum Gasteiger partial charge on any atom is 0.230 e. The SMILES string of the molecule is Cl.Cl.N#Cc1ccc(Nc2nc(N)cc(Cl)n2)cc1. The van der Waals surface area contributed by atoms with Gasteiger partial charge in [-0.05, 0) is 24.3 Å². The van der Waals surface area contributed by atoms with E-state index in [0.717, 1.165) is 5.69 Å². The van der Waals surface area contributed by atoms with Crippen LogP contribution in [-0.2, 0) is 0 Å². The lowest BCUT2D eigenvalue weighted by molar-refractivity contribution is 1.17. The zero-order valence-corrected chi connectivity index (χ0v) is 11.9. The van der Waals surface area contributed by atoms with Gasteiger partial charge in [0, 0.05) is 11.8 Å². The van der Waals surface area contributed by atoms with E-state index in [1.807, 2.05) is 6.07 Å². The van der Waals surface area contributed by atoms with Gasteiger partial charge in [-0.25, -0.2) is 4.98 Å². The second-order valence-corrected chi connectivity index (χ2v) is 3.64. The average Bonchev–Trinajstić information content (AvgIpc) is 2.28. The number of aromatic nitrogens is 2. The number of nitrogens with zero attached hydrogens (tertiary/aromatic N) is 3. The van der Waals surface area contributed by atoms with E-state index in [1.165, 1.54) is 6.07 Å². The molecule has 0 radical (unpaired) electrons. The number of nitrogens with one attached hydrogen (secondary N) is 1. The van der Waals surface area contributed by atoms with Gasteiger partial charge in [-0.2, -0.15) is 10.2 Å². The second-order valence-electron chi connectivity index (χ2n) is 3.25. The van der Waals surface area contributed by atoms with Crippen LogP contribution >= 0.6 is 36.4 Å². The van der Waals surface area contributed by atoms with Gasteiger partial charge in [0.15, 0.2) is 0 Å². The Hall–Kier alpha value is -1.74. The maximum absolute atomic E-state index is 8.66. The van der Waals surface area contributed by atoms with Crippen molar-refractivity contribution >= 4 is 53.9 Å². The van der Waals surface area contributed by atoms with Crippen LogP contribution in [0.15, 0.2) is 30.3 Å². The van der Waals surface area contributed by atoms with E-state index in [-0.39, 0.29) is 30.0 Å². The summed E-state index contributed by atoms with van der Waals surface area (Å²) in [7, 11) is 0. The number of nitrogen functional groups attached to an aromatic ring is 1. The molecule has 19 heavy (non-hydrogen) atoms. The van der Waals surface area contributed by atoms with Crippen LogP contribution in [0.25, 0.3) is 0 Å². The predicted molar refractivity (Wildman–Crippen MR) is 80.4 cm³/mol. The van der Waals surface area contributed by atoms with Crippen LogP contribution in [0.1, 0.15) is 5.56 Å². The van der Waals surface area contributed by atoms with Crippen molar-refractivity contribution in [3.8, 4) is 6.07 Å².